The number of ether oxygens (including phenoxy) is 2. The summed E-state index contributed by atoms with van der Waals surface area (Å²) in [6, 6.07) is 0. The van der Waals surface area contributed by atoms with Crippen LogP contribution in [0.5, 0.6) is 0 Å². The third-order valence-electron chi connectivity index (χ3n) is 2.18. The number of carbonyl (C=O) groups excluding carboxylic acids is 2. The van der Waals surface area contributed by atoms with Crippen molar-refractivity contribution in [2.24, 2.45) is 0 Å². The van der Waals surface area contributed by atoms with E-state index >= 15 is 0 Å². The quantitative estimate of drug-likeness (QED) is 0.683. The largest absolute Gasteiger partial charge is 0.464 e. The average Bonchev–Trinajstić information content (AvgIpc) is 2.35. The van der Waals surface area contributed by atoms with Crippen molar-refractivity contribution in [3.05, 3.63) is 10.6 Å². The van der Waals surface area contributed by atoms with Crippen LogP contribution in [0.1, 0.15) is 13.8 Å². The van der Waals surface area contributed by atoms with Gasteiger partial charge in [-0.05, 0) is 23.2 Å². The Morgan fingerprint density at radius 2 is 1.38 bits per heavy atom. The van der Waals surface area contributed by atoms with Crippen molar-refractivity contribution in [3.8, 4) is 0 Å². The number of esters is 2. The van der Waals surface area contributed by atoms with Crippen LogP contribution in [0.15, 0.2) is 0 Å². The summed E-state index contributed by atoms with van der Waals surface area (Å²) in [4.78, 5) is 34.7. The normalized spacial score (nSPS) is 10.1. The van der Waals surface area contributed by atoms with Gasteiger partial charge in [-0.15, -0.1) is 0 Å². The standard InChI is InChI=1S/C11H14Cl2N4O4/c1-7(18)20-5-3-17(4-6-21-8(2)19)11-15-9(12)14-10(13)16-11/h3-6H2,1-2H3. The van der Waals surface area contributed by atoms with E-state index in [2.05, 4.69) is 15.0 Å². The van der Waals surface area contributed by atoms with Gasteiger partial charge in [0.05, 0.1) is 13.1 Å². The van der Waals surface area contributed by atoms with Crippen LogP contribution in [-0.4, -0.2) is 53.2 Å². The molecule has 0 saturated carbocycles. The Balaban J connectivity index is 2.73. The second-order valence-electron chi connectivity index (χ2n) is 3.84. The van der Waals surface area contributed by atoms with E-state index in [0.717, 1.165) is 0 Å². The lowest BCUT2D eigenvalue weighted by Gasteiger charge is -2.22. The van der Waals surface area contributed by atoms with Crippen molar-refractivity contribution in [1.82, 2.24) is 15.0 Å². The number of halogens is 2. The molecule has 0 radical (unpaired) electrons. The Morgan fingerprint density at radius 3 is 1.76 bits per heavy atom. The van der Waals surface area contributed by atoms with Crippen molar-refractivity contribution in [2.45, 2.75) is 13.8 Å². The first-order valence-corrected chi connectivity index (χ1v) is 6.73. The van der Waals surface area contributed by atoms with Gasteiger partial charge in [0.25, 0.3) is 0 Å². The van der Waals surface area contributed by atoms with Crippen LogP contribution in [0.4, 0.5) is 5.95 Å². The third-order valence-corrected chi connectivity index (χ3v) is 2.52. The van der Waals surface area contributed by atoms with Crippen molar-refractivity contribution in [3.63, 3.8) is 0 Å². The first-order valence-electron chi connectivity index (χ1n) is 5.97. The van der Waals surface area contributed by atoms with Crippen molar-refractivity contribution < 1.29 is 19.1 Å². The maximum Gasteiger partial charge on any atom is 0.302 e. The summed E-state index contributed by atoms with van der Waals surface area (Å²) in [6.07, 6.45) is 0. The number of anilines is 1. The monoisotopic (exact) mass is 336 g/mol. The fraction of sp³-hybridized carbons (Fsp3) is 0.545. The highest BCUT2D eigenvalue weighted by Crippen LogP contribution is 2.13. The lowest BCUT2D eigenvalue weighted by Crippen LogP contribution is -2.33. The van der Waals surface area contributed by atoms with Gasteiger partial charge in [0.15, 0.2) is 0 Å². The number of aromatic nitrogens is 3. The van der Waals surface area contributed by atoms with Crippen LogP contribution in [-0.2, 0) is 19.1 Å². The minimum atomic E-state index is -0.401. The van der Waals surface area contributed by atoms with Crippen LogP contribution in [0.3, 0.4) is 0 Å². The summed E-state index contributed by atoms with van der Waals surface area (Å²) < 4.78 is 9.71. The molecule has 0 atom stereocenters. The molecule has 116 valence electrons. The van der Waals surface area contributed by atoms with Crippen molar-refractivity contribution in [1.29, 1.82) is 0 Å². The minimum Gasteiger partial charge on any atom is -0.464 e. The number of nitrogens with zero attached hydrogens (tertiary/aromatic N) is 4. The Morgan fingerprint density at radius 1 is 0.952 bits per heavy atom. The number of hydrogen-bond donors (Lipinski definition) is 0. The SMILES string of the molecule is CC(=O)OCCN(CCOC(C)=O)c1nc(Cl)nc(Cl)n1. The predicted octanol–water partition coefficient (Wildman–Crippen LogP) is 1.11. The maximum absolute atomic E-state index is 10.8. The second-order valence-corrected chi connectivity index (χ2v) is 4.52. The van der Waals surface area contributed by atoms with Crippen LogP contribution in [0.25, 0.3) is 0 Å². The van der Waals surface area contributed by atoms with Gasteiger partial charge in [-0.3, -0.25) is 9.59 Å². The molecule has 0 aliphatic rings. The fourth-order valence-electron chi connectivity index (χ4n) is 1.37. The summed E-state index contributed by atoms with van der Waals surface area (Å²) in [5.74, 6) is -0.595. The maximum atomic E-state index is 10.8. The third kappa shape index (κ3) is 7.05. The molecule has 1 rings (SSSR count). The molecule has 0 saturated heterocycles. The molecule has 0 aliphatic carbocycles. The topological polar surface area (TPSA) is 94.5 Å². The Hall–Kier alpha value is -1.67. The summed E-state index contributed by atoms with van der Waals surface area (Å²) in [7, 11) is 0. The molecule has 0 unspecified atom stereocenters. The minimum absolute atomic E-state index is 0.0602. The molecule has 1 heterocycles. The van der Waals surface area contributed by atoms with Crippen LogP contribution in [0.2, 0.25) is 10.6 Å². The van der Waals surface area contributed by atoms with Gasteiger partial charge in [-0.2, -0.15) is 15.0 Å². The van der Waals surface area contributed by atoms with Gasteiger partial charge in [0.2, 0.25) is 16.5 Å². The lowest BCUT2D eigenvalue weighted by atomic mass is 10.5. The van der Waals surface area contributed by atoms with Gasteiger partial charge >= 0.3 is 11.9 Å². The number of hydrogen-bond acceptors (Lipinski definition) is 8. The molecule has 0 bridgehead atoms. The zero-order chi connectivity index (χ0) is 15.8. The fourth-order valence-corrected chi connectivity index (χ4v) is 1.72. The molecule has 0 aromatic carbocycles. The van der Waals surface area contributed by atoms with E-state index in [4.69, 9.17) is 32.7 Å². The van der Waals surface area contributed by atoms with Crippen LogP contribution < -0.4 is 4.90 Å². The van der Waals surface area contributed by atoms with E-state index in [0.29, 0.717) is 0 Å². The number of rotatable bonds is 7. The zero-order valence-electron chi connectivity index (χ0n) is 11.5. The van der Waals surface area contributed by atoms with Crippen molar-refractivity contribution in [2.75, 3.05) is 31.2 Å². The summed E-state index contributed by atoms with van der Waals surface area (Å²) in [5.41, 5.74) is 0. The molecule has 8 nitrogen and oxygen atoms in total. The summed E-state index contributed by atoms with van der Waals surface area (Å²) in [6.45, 7) is 3.43. The highest BCUT2D eigenvalue weighted by molar-refractivity contribution is 6.31. The molecule has 10 heteroatoms. The van der Waals surface area contributed by atoms with Crippen LogP contribution in [0, 0.1) is 0 Å². The first kappa shape index (κ1) is 17.4. The van der Waals surface area contributed by atoms with Gasteiger partial charge in [0.1, 0.15) is 13.2 Å². The molecule has 21 heavy (non-hydrogen) atoms. The molecular formula is C11H14Cl2N4O4. The highest BCUT2D eigenvalue weighted by Gasteiger charge is 2.13. The van der Waals surface area contributed by atoms with E-state index in [1.54, 1.807) is 4.90 Å². The molecule has 1 aromatic heterocycles. The van der Waals surface area contributed by atoms with E-state index in [1.165, 1.54) is 13.8 Å². The summed E-state index contributed by atoms with van der Waals surface area (Å²) in [5, 5.41) is -0.120. The van der Waals surface area contributed by atoms with Gasteiger partial charge in [-0.25, -0.2) is 0 Å². The zero-order valence-corrected chi connectivity index (χ0v) is 13.0. The smallest absolute Gasteiger partial charge is 0.302 e. The van der Waals surface area contributed by atoms with E-state index in [-0.39, 0.29) is 42.8 Å². The Kier molecular flexibility index (Phi) is 7.10. The molecule has 0 spiro atoms. The lowest BCUT2D eigenvalue weighted by molar-refractivity contribution is -0.141. The Bertz CT molecular complexity index is 475. The molecule has 0 N–H and O–H groups in total. The molecule has 0 amide bonds. The number of carbonyl (C=O) groups is 2. The van der Waals surface area contributed by atoms with Crippen LogP contribution >= 0.6 is 23.2 Å². The predicted molar refractivity (Wildman–Crippen MR) is 75.3 cm³/mol. The Labute approximate surface area is 131 Å². The first-order chi connectivity index (χ1) is 9.88. The second kappa shape index (κ2) is 8.58. The van der Waals surface area contributed by atoms with Crippen molar-refractivity contribution >= 4 is 41.1 Å². The van der Waals surface area contributed by atoms with Gasteiger partial charge in [-0.1, -0.05) is 0 Å². The van der Waals surface area contributed by atoms with Gasteiger partial charge in [0, 0.05) is 13.8 Å². The van der Waals surface area contributed by atoms with E-state index in [9.17, 15) is 9.59 Å². The molecule has 0 aliphatic heterocycles. The molecule has 0 fully saturated rings. The average molecular weight is 337 g/mol. The van der Waals surface area contributed by atoms with E-state index < -0.39 is 11.9 Å². The summed E-state index contributed by atoms with van der Waals surface area (Å²) >= 11 is 11.4. The molecular weight excluding hydrogens is 323 g/mol. The molecule has 1 aromatic rings. The highest BCUT2D eigenvalue weighted by atomic mass is 35.5. The van der Waals surface area contributed by atoms with Gasteiger partial charge < -0.3 is 14.4 Å². The van der Waals surface area contributed by atoms with E-state index in [1.807, 2.05) is 0 Å².